The molecule has 4 heteroatoms. The fourth-order valence-corrected chi connectivity index (χ4v) is 2.28. The van der Waals surface area contributed by atoms with Crippen molar-refractivity contribution < 1.29 is 0 Å². The monoisotopic (exact) mass is 270 g/mol. The number of hydrogen-bond acceptors (Lipinski definition) is 4. The molecular weight excluding hydrogens is 248 g/mol. The van der Waals surface area contributed by atoms with Gasteiger partial charge in [-0.05, 0) is 38.3 Å². The van der Waals surface area contributed by atoms with Crippen LogP contribution < -0.4 is 5.32 Å². The summed E-state index contributed by atoms with van der Waals surface area (Å²) in [5, 5.41) is 3.32. The van der Waals surface area contributed by atoms with Crippen molar-refractivity contribution in [3.63, 3.8) is 0 Å². The van der Waals surface area contributed by atoms with Gasteiger partial charge in [-0.2, -0.15) is 0 Å². The first kappa shape index (κ1) is 14.4. The zero-order chi connectivity index (χ0) is 14.5. The van der Waals surface area contributed by atoms with Gasteiger partial charge in [0.15, 0.2) is 5.82 Å². The van der Waals surface area contributed by atoms with Crippen LogP contribution in [0, 0.1) is 6.92 Å². The molecule has 2 aromatic rings. The largest absolute Gasteiger partial charge is 0.370 e. The lowest BCUT2D eigenvalue weighted by Gasteiger charge is -2.13. The molecular formula is C16H22N4. The first-order chi connectivity index (χ1) is 9.71. The number of nitrogens with zero attached hydrogens (tertiary/aromatic N) is 3. The fraction of sp³-hybridized carbons (Fsp3) is 0.438. The highest BCUT2D eigenvalue weighted by molar-refractivity contribution is 5.59. The van der Waals surface area contributed by atoms with Gasteiger partial charge in [0, 0.05) is 24.0 Å². The average molecular weight is 270 g/mol. The molecule has 0 fully saturated rings. The maximum atomic E-state index is 4.70. The van der Waals surface area contributed by atoms with E-state index in [1.54, 1.807) is 6.20 Å². The number of anilines is 1. The van der Waals surface area contributed by atoms with E-state index in [1.165, 1.54) is 5.56 Å². The molecule has 0 saturated carbocycles. The molecule has 0 bridgehead atoms. The van der Waals surface area contributed by atoms with Gasteiger partial charge in [0.1, 0.15) is 11.5 Å². The Labute approximate surface area is 120 Å². The molecule has 2 heterocycles. The Kier molecular flexibility index (Phi) is 4.66. The lowest BCUT2D eigenvalue weighted by atomic mass is 10.1. The summed E-state index contributed by atoms with van der Waals surface area (Å²) in [6.45, 7) is 9.24. The van der Waals surface area contributed by atoms with Crippen molar-refractivity contribution in [1.29, 1.82) is 0 Å². The molecule has 0 amide bonds. The molecule has 2 aromatic heterocycles. The Bertz CT molecular complexity index is 593. The van der Waals surface area contributed by atoms with E-state index in [-0.39, 0.29) is 0 Å². The normalized spacial score (nSPS) is 10.6. The minimum Gasteiger partial charge on any atom is -0.370 e. The molecule has 1 N–H and O–H groups in total. The van der Waals surface area contributed by atoms with Gasteiger partial charge in [-0.15, -0.1) is 0 Å². The van der Waals surface area contributed by atoms with Gasteiger partial charge in [-0.1, -0.05) is 19.9 Å². The summed E-state index contributed by atoms with van der Waals surface area (Å²) in [6, 6.07) is 4.05. The second kappa shape index (κ2) is 6.46. The van der Waals surface area contributed by atoms with Crippen molar-refractivity contribution in [1.82, 2.24) is 15.0 Å². The molecule has 0 unspecified atom stereocenters. The molecule has 106 valence electrons. The summed E-state index contributed by atoms with van der Waals surface area (Å²) in [5.74, 6) is 1.64. The Morgan fingerprint density at radius 2 is 1.90 bits per heavy atom. The van der Waals surface area contributed by atoms with Crippen LogP contribution in [0.2, 0.25) is 0 Å². The second-order valence-corrected chi connectivity index (χ2v) is 4.72. The minimum atomic E-state index is 0.723. The maximum absolute atomic E-state index is 4.70. The van der Waals surface area contributed by atoms with Gasteiger partial charge >= 0.3 is 0 Å². The molecule has 2 rings (SSSR count). The quantitative estimate of drug-likeness (QED) is 0.904. The van der Waals surface area contributed by atoms with Gasteiger partial charge in [-0.3, -0.25) is 4.98 Å². The lowest BCUT2D eigenvalue weighted by Crippen LogP contribution is -2.08. The Balaban J connectivity index is 2.59. The summed E-state index contributed by atoms with van der Waals surface area (Å²) >= 11 is 0. The first-order valence-corrected chi connectivity index (χ1v) is 7.26. The summed E-state index contributed by atoms with van der Waals surface area (Å²) < 4.78 is 0. The van der Waals surface area contributed by atoms with Crippen molar-refractivity contribution in [2.75, 3.05) is 11.9 Å². The predicted octanol–water partition coefficient (Wildman–Crippen LogP) is 3.40. The van der Waals surface area contributed by atoms with Crippen LogP contribution in [0.1, 0.15) is 37.6 Å². The van der Waals surface area contributed by atoms with E-state index in [4.69, 9.17) is 4.98 Å². The zero-order valence-electron chi connectivity index (χ0n) is 12.7. The van der Waals surface area contributed by atoms with Gasteiger partial charge in [0.05, 0.1) is 0 Å². The lowest BCUT2D eigenvalue weighted by molar-refractivity contribution is 0.958. The third-order valence-electron chi connectivity index (χ3n) is 3.41. The van der Waals surface area contributed by atoms with E-state index < -0.39 is 0 Å². The van der Waals surface area contributed by atoms with Crippen molar-refractivity contribution >= 4 is 5.82 Å². The van der Waals surface area contributed by atoms with Crippen LogP contribution in [0.15, 0.2) is 18.3 Å². The van der Waals surface area contributed by atoms with Crippen molar-refractivity contribution in [3.8, 4) is 11.5 Å². The fourth-order valence-electron chi connectivity index (χ4n) is 2.28. The highest BCUT2D eigenvalue weighted by Crippen LogP contribution is 2.23. The number of aryl methyl sites for hydroxylation is 2. The van der Waals surface area contributed by atoms with E-state index in [2.05, 4.69) is 49.0 Å². The molecule has 4 nitrogen and oxygen atoms in total. The molecule has 0 saturated heterocycles. The molecule has 0 aliphatic heterocycles. The first-order valence-electron chi connectivity index (χ1n) is 7.26. The number of rotatable bonds is 5. The minimum absolute atomic E-state index is 0.723. The molecule has 0 aliphatic rings. The Morgan fingerprint density at radius 1 is 1.10 bits per heavy atom. The molecule has 0 aliphatic carbocycles. The van der Waals surface area contributed by atoms with Gasteiger partial charge in [0.2, 0.25) is 0 Å². The Morgan fingerprint density at radius 3 is 2.55 bits per heavy atom. The number of pyridine rings is 1. The van der Waals surface area contributed by atoms with Crippen molar-refractivity contribution in [2.45, 2.75) is 40.5 Å². The summed E-state index contributed by atoms with van der Waals surface area (Å²) in [7, 11) is 0. The number of nitrogens with one attached hydrogen (secondary N) is 1. The summed E-state index contributed by atoms with van der Waals surface area (Å²) in [4.78, 5) is 13.8. The van der Waals surface area contributed by atoms with Gasteiger partial charge in [-0.25, -0.2) is 9.97 Å². The van der Waals surface area contributed by atoms with E-state index in [9.17, 15) is 0 Å². The van der Waals surface area contributed by atoms with Crippen LogP contribution in [-0.4, -0.2) is 21.5 Å². The Hall–Kier alpha value is -1.97. The van der Waals surface area contributed by atoms with Gasteiger partial charge in [0.25, 0.3) is 0 Å². The van der Waals surface area contributed by atoms with E-state index in [1.807, 2.05) is 6.07 Å². The summed E-state index contributed by atoms with van der Waals surface area (Å²) in [6.07, 6.45) is 3.63. The molecule has 0 atom stereocenters. The number of aromatic nitrogens is 3. The topological polar surface area (TPSA) is 50.7 Å². The third-order valence-corrected chi connectivity index (χ3v) is 3.41. The maximum Gasteiger partial charge on any atom is 0.180 e. The van der Waals surface area contributed by atoms with Crippen LogP contribution in [0.25, 0.3) is 11.5 Å². The molecule has 20 heavy (non-hydrogen) atoms. The zero-order valence-corrected chi connectivity index (χ0v) is 12.7. The molecule has 0 aromatic carbocycles. The van der Waals surface area contributed by atoms with Crippen molar-refractivity contribution in [3.05, 3.63) is 35.2 Å². The average Bonchev–Trinajstić information content (AvgIpc) is 2.49. The van der Waals surface area contributed by atoms with Crippen LogP contribution in [0.4, 0.5) is 5.82 Å². The highest BCUT2D eigenvalue weighted by atomic mass is 15.0. The highest BCUT2D eigenvalue weighted by Gasteiger charge is 2.13. The van der Waals surface area contributed by atoms with Crippen LogP contribution in [0.3, 0.4) is 0 Å². The SMILES string of the molecule is CCNc1nc(-c2ncccc2CC)nc(CC)c1C. The summed E-state index contributed by atoms with van der Waals surface area (Å²) in [5.41, 5.74) is 4.29. The molecule has 0 spiro atoms. The standard InChI is InChI=1S/C16H22N4/c1-5-12-9-8-10-18-14(12)16-19-13(6-2)11(4)15(20-16)17-7-3/h8-10H,5-7H2,1-4H3,(H,17,19,20). The van der Waals surface area contributed by atoms with Crippen molar-refractivity contribution in [2.24, 2.45) is 0 Å². The van der Waals surface area contributed by atoms with Crippen LogP contribution in [0.5, 0.6) is 0 Å². The smallest absolute Gasteiger partial charge is 0.180 e. The van der Waals surface area contributed by atoms with E-state index in [0.29, 0.717) is 0 Å². The second-order valence-electron chi connectivity index (χ2n) is 4.72. The van der Waals surface area contributed by atoms with Crippen LogP contribution in [-0.2, 0) is 12.8 Å². The number of hydrogen-bond donors (Lipinski definition) is 1. The van der Waals surface area contributed by atoms with Gasteiger partial charge < -0.3 is 5.32 Å². The molecule has 0 radical (unpaired) electrons. The third kappa shape index (κ3) is 2.79. The predicted molar refractivity (Wildman–Crippen MR) is 82.9 cm³/mol. The van der Waals surface area contributed by atoms with E-state index >= 15 is 0 Å². The van der Waals surface area contributed by atoms with E-state index in [0.717, 1.165) is 48.0 Å². The van der Waals surface area contributed by atoms with Crippen LogP contribution >= 0.6 is 0 Å².